The van der Waals surface area contributed by atoms with E-state index in [1.54, 1.807) is 25.3 Å². The lowest BCUT2D eigenvalue weighted by Gasteiger charge is -2.11. The Balaban J connectivity index is 2.16. The lowest BCUT2D eigenvalue weighted by molar-refractivity contribution is 0.0178. The highest BCUT2D eigenvalue weighted by atomic mass is 16.6. The molecule has 0 aromatic heterocycles. The zero-order chi connectivity index (χ0) is 15.3. The van der Waals surface area contributed by atoms with Crippen molar-refractivity contribution in [1.82, 2.24) is 0 Å². The van der Waals surface area contributed by atoms with E-state index in [-0.39, 0.29) is 0 Å². The van der Waals surface area contributed by atoms with Crippen LogP contribution in [0.2, 0.25) is 0 Å². The summed E-state index contributed by atoms with van der Waals surface area (Å²) in [6, 6.07) is 5.01. The summed E-state index contributed by atoms with van der Waals surface area (Å²) in [6.07, 6.45) is 0.763. The molecule has 1 aromatic carbocycles. The molecule has 0 aliphatic carbocycles. The van der Waals surface area contributed by atoms with E-state index in [0.717, 1.165) is 6.29 Å². The number of carbonyl (C=O) groups is 1. The van der Waals surface area contributed by atoms with Gasteiger partial charge in [-0.25, -0.2) is 0 Å². The maximum atomic E-state index is 10.7. The van der Waals surface area contributed by atoms with Gasteiger partial charge in [0.05, 0.1) is 40.1 Å². The maximum absolute atomic E-state index is 10.7. The van der Waals surface area contributed by atoms with E-state index in [1.165, 1.54) is 7.11 Å². The zero-order valence-corrected chi connectivity index (χ0v) is 12.5. The minimum absolute atomic E-state index is 0.398. The molecule has 0 aliphatic rings. The van der Waals surface area contributed by atoms with Gasteiger partial charge >= 0.3 is 0 Å². The molecule has 1 rings (SSSR count). The van der Waals surface area contributed by atoms with E-state index in [9.17, 15) is 4.79 Å². The molecule has 0 aliphatic heterocycles. The van der Waals surface area contributed by atoms with Gasteiger partial charge < -0.3 is 23.7 Å². The molecule has 1 aromatic rings. The Labute approximate surface area is 124 Å². The molecule has 0 fully saturated rings. The van der Waals surface area contributed by atoms with Gasteiger partial charge in [0.15, 0.2) is 11.5 Å². The van der Waals surface area contributed by atoms with Crippen molar-refractivity contribution in [2.24, 2.45) is 0 Å². The lowest BCUT2D eigenvalue weighted by Crippen LogP contribution is -2.12. The molecule has 6 heteroatoms. The number of rotatable bonds is 12. The molecule has 118 valence electrons. The number of aldehydes is 1. The van der Waals surface area contributed by atoms with E-state index in [2.05, 4.69) is 0 Å². The van der Waals surface area contributed by atoms with Gasteiger partial charge in [-0.2, -0.15) is 0 Å². The number of benzene rings is 1. The quantitative estimate of drug-likeness (QED) is 0.431. The Morgan fingerprint density at radius 2 is 1.57 bits per heavy atom. The van der Waals surface area contributed by atoms with Crippen LogP contribution in [-0.2, 0) is 14.2 Å². The third kappa shape index (κ3) is 7.08. The van der Waals surface area contributed by atoms with Gasteiger partial charge in [-0.3, -0.25) is 4.79 Å². The fraction of sp³-hybridized carbons (Fsp3) is 0.533. The van der Waals surface area contributed by atoms with Crippen molar-refractivity contribution in [3.63, 3.8) is 0 Å². The molecule has 0 spiro atoms. The van der Waals surface area contributed by atoms with Gasteiger partial charge in [0, 0.05) is 12.7 Å². The number of hydrogen-bond acceptors (Lipinski definition) is 6. The van der Waals surface area contributed by atoms with E-state index in [0.29, 0.717) is 56.7 Å². The Bertz CT molecular complexity index is 407. The van der Waals surface area contributed by atoms with Gasteiger partial charge in [0.2, 0.25) is 0 Å². The van der Waals surface area contributed by atoms with Gasteiger partial charge in [0.1, 0.15) is 12.9 Å². The number of carbonyl (C=O) groups excluding carboxylic acids is 1. The zero-order valence-electron chi connectivity index (χ0n) is 12.5. The average molecular weight is 298 g/mol. The van der Waals surface area contributed by atoms with Gasteiger partial charge in [-0.15, -0.1) is 0 Å². The van der Waals surface area contributed by atoms with Gasteiger partial charge in [0.25, 0.3) is 0 Å². The van der Waals surface area contributed by atoms with Crippen LogP contribution in [0.3, 0.4) is 0 Å². The summed E-state index contributed by atoms with van der Waals surface area (Å²) < 4.78 is 26.2. The van der Waals surface area contributed by atoms with E-state index in [4.69, 9.17) is 23.7 Å². The number of hydrogen-bond donors (Lipinski definition) is 0. The molecule has 0 radical (unpaired) electrons. The molecule has 0 unspecified atom stereocenters. The second-order valence-corrected chi connectivity index (χ2v) is 4.09. The first-order valence-electron chi connectivity index (χ1n) is 6.72. The SMILES string of the molecule is COCCOCCOCCOc1ccc(C=O)cc1OC. The van der Waals surface area contributed by atoms with Crippen LogP contribution in [0, 0.1) is 0 Å². The van der Waals surface area contributed by atoms with Crippen molar-refractivity contribution in [1.29, 1.82) is 0 Å². The molecular formula is C15H22O6. The average Bonchev–Trinajstić information content (AvgIpc) is 2.53. The predicted octanol–water partition coefficient (Wildman–Crippen LogP) is 1.57. The van der Waals surface area contributed by atoms with Crippen LogP contribution in [-0.4, -0.2) is 60.1 Å². The van der Waals surface area contributed by atoms with E-state index < -0.39 is 0 Å². The molecule has 0 bridgehead atoms. The summed E-state index contributed by atoms with van der Waals surface area (Å²) in [4.78, 5) is 10.7. The second-order valence-electron chi connectivity index (χ2n) is 4.09. The summed E-state index contributed by atoms with van der Waals surface area (Å²) in [7, 11) is 3.16. The largest absolute Gasteiger partial charge is 0.493 e. The third-order valence-electron chi connectivity index (χ3n) is 2.61. The van der Waals surface area contributed by atoms with Crippen LogP contribution in [0.25, 0.3) is 0 Å². The van der Waals surface area contributed by atoms with Crippen LogP contribution in [0.4, 0.5) is 0 Å². The predicted molar refractivity (Wildman–Crippen MR) is 77.4 cm³/mol. The van der Waals surface area contributed by atoms with Crippen molar-refractivity contribution in [3.8, 4) is 11.5 Å². The molecule has 0 N–H and O–H groups in total. The standard InChI is InChI=1S/C15H22O6/c1-17-5-6-19-7-8-20-9-10-21-14-4-3-13(12-16)11-15(14)18-2/h3-4,11-12H,5-10H2,1-2H3. The second kappa shape index (κ2) is 11.1. The number of ether oxygens (including phenoxy) is 5. The first-order valence-corrected chi connectivity index (χ1v) is 6.72. The van der Waals surface area contributed by atoms with E-state index >= 15 is 0 Å². The maximum Gasteiger partial charge on any atom is 0.161 e. The third-order valence-corrected chi connectivity index (χ3v) is 2.61. The van der Waals surface area contributed by atoms with Crippen LogP contribution in [0.15, 0.2) is 18.2 Å². The van der Waals surface area contributed by atoms with Crippen molar-refractivity contribution in [3.05, 3.63) is 23.8 Å². The Hall–Kier alpha value is -1.63. The van der Waals surface area contributed by atoms with Gasteiger partial charge in [-0.1, -0.05) is 0 Å². The molecule has 0 saturated carbocycles. The monoisotopic (exact) mass is 298 g/mol. The summed E-state index contributed by atoms with van der Waals surface area (Å²) in [5.41, 5.74) is 0.545. The minimum atomic E-state index is 0.398. The van der Waals surface area contributed by atoms with Crippen molar-refractivity contribution in [2.45, 2.75) is 0 Å². The highest BCUT2D eigenvalue weighted by molar-refractivity contribution is 5.76. The summed E-state index contributed by atoms with van der Waals surface area (Å²) >= 11 is 0. The Kier molecular flexibility index (Phi) is 9.19. The Morgan fingerprint density at radius 3 is 2.19 bits per heavy atom. The fourth-order valence-electron chi connectivity index (χ4n) is 1.55. The van der Waals surface area contributed by atoms with Crippen molar-refractivity contribution < 1.29 is 28.5 Å². The van der Waals surface area contributed by atoms with E-state index in [1.807, 2.05) is 0 Å². The van der Waals surface area contributed by atoms with Crippen LogP contribution >= 0.6 is 0 Å². The minimum Gasteiger partial charge on any atom is -0.493 e. The summed E-state index contributed by atoms with van der Waals surface area (Å²) in [6.45, 7) is 3.03. The molecule has 0 atom stereocenters. The fourth-order valence-corrected chi connectivity index (χ4v) is 1.55. The lowest BCUT2D eigenvalue weighted by atomic mass is 10.2. The molecular weight excluding hydrogens is 276 g/mol. The van der Waals surface area contributed by atoms with Crippen LogP contribution in [0.5, 0.6) is 11.5 Å². The topological polar surface area (TPSA) is 63.2 Å². The molecule has 0 saturated heterocycles. The van der Waals surface area contributed by atoms with Crippen molar-refractivity contribution >= 4 is 6.29 Å². The molecule has 21 heavy (non-hydrogen) atoms. The Morgan fingerprint density at radius 1 is 0.905 bits per heavy atom. The molecule has 0 heterocycles. The highest BCUT2D eigenvalue weighted by Gasteiger charge is 2.05. The molecule has 0 amide bonds. The summed E-state index contributed by atoms with van der Waals surface area (Å²) in [5.74, 6) is 1.12. The van der Waals surface area contributed by atoms with Gasteiger partial charge in [-0.05, 0) is 18.2 Å². The van der Waals surface area contributed by atoms with Crippen LogP contribution < -0.4 is 9.47 Å². The first-order chi connectivity index (χ1) is 10.3. The number of methoxy groups -OCH3 is 2. The van der Waals surface area contributed by atoms with Crippen molar-refractivity contribution in [2.75, 3.05) is 53.9 Å². The first kappa shape index (κ1) is 17.4. The normalized spacial score (nSPS) is 10.4. The smallest absolute Gasteiger partial charge is 0.161 e. The van der Waals surface area contributed by atoms with Crippen LogP contribution in [0.1, 0.15) is 10.4 Å². The highest BCUT2D eigenvalue weighted by Crippen LogP contribution is 2.27. The molecule has 6 nitrogen and oxygen atoms in total. The summed E-state index contributed by atoms with van der Waals surface area (Å²) in [5, 5.41) is 0.